The lowest BCUT2D eigenvalue weighted by Crippen LogP contribution is -2.22. The van der Waals surface area contributed by atoms with Crippen LogP contribution in [0.2, 0.25) is 0 Å². The van der Waals surface area contributed by atoms with Gasteiger partial charge in [-0.2, -0.15) is 5.10 Å². The van der Waals surface area contributed by atoms with E-state index in [0.29, 0.717) is 6.04 Å². The van der Waals surface area contributed by atoms with Crippen molar-refractivity contribution in [2.24, 2.45) is 5.92 Å². The van der Waals surface area contributed by atoms with Gasteiger partial charge >= 0.3 is 0 Å². The van der Waals surface area contributed by atoms with Gasteiger partial charge in [-0.15, -0.1) is 0 Å². The number of aliphatic hydroxyl groups is 1. The van der Waals surface area contributed by atoms with E-state index in [1.54, 1.807) is 0 Å². The maximum absolute atomic E-state index is 9.13. The zero-order valence-corrected chi connectivity index (χ0v) is 7.33. The van der Waals surface area contributed by atoms with E-state index in [0.717, 1.165) is 11.6 Å². The van der Waals surface area contributed by atoms with E-state index >= 15 is 0 Å². The van der Waals surface area contributed by atoms with Gasteiger partial charge in [-0.05, 0) is 18.8 Å². The average molecular weight is 179 g/mol. The molecule has 0 saturated heterocycles. The van der Waals surface area contributed by atoms with Crippen molar-refractivity contribution in [3.05, 3.63) is 17.5 Å². The van der Waals surface area contributed by atoms with Crippen LogP contribution in [-0.4, -0.2) is 21.9 Å². The molecule has 70 valence electrons. The number of rotatable bonds is 2. The van der Waals surface area contributed by atoms with Gasteiger partial charge in [0.05, 0.1) is 18.3 Å². The van der Waals surface area contributed by atoms with Gasteiger partial charge in [-0.25, -0.2) is 0 Å². The number of hydrogen-bond donors (Lipinski definition) is 3. The highest BCUT2D eigenvalue weighted by molar-refractivity contribution is 5.31. The van der Waals surface area contributed by atoms with Crippen molar-refractivity contribution >= 4 is 0 Å². The third kappa shape index (κ3) is 1.02. The van der Waals surface area contributed by atoms with Crippen molar-refractivity contribution in [3.8, 4) is 0 Å². The predicted octanol–water partition coefficient (Wildman–Crippen LogP) is 0.497. The average Bonchev–Trinajstić information content (AvgIpc) is 2.77. The summed E-state index contributed by atoms with van der Waals surface area (Å²) in [4.78, 5) is 0. The Morgan fingerprint density at radius 2 is 2.38 bits per heavy atom. The smallest absolute Gasteiger partial charge is 0.0862 e. The molecule has 3 N–H and O–H groups in total. The van der Waals surface area contributed by atoms with Crippen LogP contribution in [0.15, 0.2) is 6.20 Å². The Bertz CT molecular complexity index is 318. The fraction of sp³-hybridized carbons (Fsp3) is 0.667. The minimum Gasteiger partial charge on any atom is -0.394 e. The molecule has 1 aromatic heterocycles. The Morgan fingerprint density at radius 1 is 1.54 bits per heavy atom. The van der Waals surface area contributed by atoms with Crippen molar-refractivity contribution < 1.29 is 5.11 Å². The van der Waals surface area contributed by atoms with E-state index in [9.17, 15) is 0 Å². The van der Waals surface area contributed by atoms with Crippen LogP contribution in [0, 0.1) is 5.92 Å². The maximum Gasteiger partial charge on any atom is 0.0862 e. The Labute approximate surface area is 76.4 Å². The van der Waals surface area contributed by atoms with Crippen molar-refractivity contribution in [2.75, 3.05) is 6.61 Å². The molecule has 3 rings (SSSR count). The SMILES string of the molecule is OCC1N[C@H](C2CC2)c2c[nH]nc21. The molecule has 2 aliphatic rings. The van der Waals surface area contributed by atoms with Crippen LogP contribution in [0.4, 0.5) is 0 Å². The van der Waals surface area contributed by atoms with Gasteiger partial charge in [-0.3, -0.25) is 10.4 Å². The second-order valence-electron chi connectivity index (χ2n) is 3.94. The quantitative estimate of drug-likeness (QED) is 0.619. The minimum absolute atomic E-state index is 0.0480. The highest BCUT2D eigenvalue weighted by Crippen LogP contribution is 2.46. The lowest BCUT2D eigenvalue weighted by molar-refractivity contribution is 0.239. The van der Waals surface area contributed by atoms with E-state index in [4.69, 9.17) is 5.11 Å². The summed E-state index contributed by atoms with van der Waals surface area (Å²) < 4.78 is 0. The summed E-state index contributed by atoms with van der Waals surface area (Å²) in [6, 6.07) is 0.484. The van der Waals surface area contributed by atoms with Crippen LogP contribution in [0.25, 0.3) is 0 Å². The van der Waals surface area contributed by atoms with Gasteiger partial charge < -0.3 is 5.11 Å². The van der Waals surface area contributed by atoms with Gasteiger partial charge in [0.25, 0.3) is 0 Å². The Hall–Kier alpha value is -0.870. The summed E-state index contributed by atoms with van der Waals surface area (Å²) in [6.45, 7) is 0.140. The number of aromatic amines is 1. The lowest BCUT2D eigenvalue weighted by Gasteiger charge is -2.11. The number of nitrogens with one attached hydrogen (secondary N) is 2. The molecule has 0 aromatic carbocycles. The summed E-state index contributed by atoms with van der Waals surface area (Å²) in [5.41, 5.74) is 2.28. The first-order chi connectivity index (χ1) is 6.40. The topological polar surface area (TPSA) is 60.9 Å². The van der Waals surface area contributed by atoms with Crippen LogP contribution in [0.5, 0.6) is 0 Å². The molecule has 1 unspecified atom stereocenters. The molecule has 0 amide bonds. The van der Waals surface area contributed by atoms with Crippen molar-refractivity contribution in [2.45, 2.75) is 24.9 Å². The molecule has 4 heteroatoms. The largest absolute Gasteiger partial charge is 0.394 e. The molecule has 1 aliphatic heterocycles. The van der Waals surface area contributed by atoms with E-state index in [1.807, 2.05) is 6.20 Å². The molecule has 0 bridgehead atoms. The molecule has 1 aliphatic carbocycles. The normalized spacial score (nSPS) is 32.1. The van der Waals surface area contributed by atoms with Crippen LogP contribution in [0.1, 0.15) is 36.2 Å². The van der Waals surface area contributed by atoms with Gasteiger partial charge in [0.2, 0.25) is 0 Å². The van der Waals surface area contributed by atoms with Crippen LogP contribution in [-0.2, 0) is 0 Å². The number of aliphatic hydroxyl groups excluding tert-OH is 1. The molecular weight excluding hydrogens is 166 g/mol. The molecule has 1 aromatic rings. The second-order valence-corrected chi connectivity index (χ2v) is 3.94. The zero-order valence-electron chi connectivity index (χ0n) is 7.33. The van der Waals surface area contributed by atoms with Crippen LogP contribution in [0.3, 0.4) is 0 Å². The van der Waals surface area contributed by atoms with Crippen molar-refractivity contribution in [1.29, 1.82) is 0 Å². The van der Waals surface area contributed by atoms with Crippen molar-refractivity contribution in [1.82, 2.24) is 15.5 Å². The summed E-state index contributed by atoms with van der Waals surface area (Å²) in [5.74, 6) is 0.771. The molecule has 0 radical (unpaired) electrons. The fourth-order valence-corrected chi connectivity index (χ4v) is 2.18. The number of nitrogens with zero attached hydrogens (tertiary/aromatic N) is 1. The second kappa shape index (κ2) is 2.56. The molecule has 1 fully saturated rings. The number of hydrogen-bond acceptors (Lipinski definition) is 3. The first-order valence-electron chi connectivity index (χ1n) is 4.80. The summed E-state index contributed by atoms with van der Waals surface area (Å²) in [7, 11) is 0. The Morgan fingerprint density at radius 3 is 3.08 bits per heavy atom. The standard InChI is InChI=1S/C9H13N3O/c13-4-7-9-6(3-10-12-9)8(11-7)5-1-2-5/h3,5,7-8,11,13H,1-2,4H2,(H,10,12)/t7?,8-/m1/s1. The monoisotopic (exact) mass is 179 g/mol. The van der Waals surface area contributed by atoms with Gasteiger partial charge in [-0.1, -0.05) is 0 Å². The molecule has 1 saturated carbocycles. The predicted molar refractivity (Wildman–Crippen MR) is 47.0 cm³/mol. The van der Waals surface area contributed by atoms with Crippen LogP contribution >= 0.6 is 0 Å². The molecular formula is C9H13N3O. The number of H-pyrrole nitrogens is 1. The zero-order chi connectivity index (χ0) is 8.84. The third-order valence-electron chi connectivity index (χ3n) is 3.02. The molecule has 13 heavy (non-hydrogen) atoms. The molecule has 2 atom stereocenters. The Balaban J connectivity index is 1.95. The summed E-state index contributed by atoms with van der Waals surface area (Å²) in [5, 5.41) is 19.6. The molecule has 0 spiro atoms. The van der Waals surface area contributed by atoms with Crippen molar-refractivity contribution in [3.63, 3.8) is 0 Å². The summed E-state index contributed by atoms with van der Waals surface area (Å²) >= 11 is 0. The summed E-state index contributed by atoms with van der Waals surface area (Å²) in [6.07, 6.45) is 4.57. The van der Waals surface area contributed by atoms with Crippen LogP contribution < -0.4 is 5.32 Å². The highest BCUT2D eigenvalue weighted by atomic mass is 16.3. The van der Waals surface area contributed by atoms with Gasteiger partial charge in [0.15, 0.2) is 0 Å². The maximum atomic E-state index is 9.13. The minimum atomic E-state index is 0.0480. The van der Waals surface area contributed by atoms with E-state index in [2.05, 4.69) is 15.5 Å². The Kier molecular flexibility index (Phi) is 1.48. The van der Waals surface area contributed by atoms with Gasteiger partial charge in [0.1, 0.15) is 0 Å². The first-order valence-corrected chi connectivity index (χ1v) is 4.80. The highest BCUT2D eigenvalue weighted by Gasteiger charge is 2.41. The number of fused-ring (bicyclic) bond motifs is 1. The number of aromatic nitrogens is 2. The molecule has 2 heterocycles. The fourth-order valence-electron chi connectivity index (χ4n) is 2.18. The van der Waals surface area contributed by atoms with E-state index in [-0.39, 0.29) is 12.6 Å². The third-order valence-corrected chi connectivity index (χ3v) is 3.02. The van der Waals surface area contributed by atoms with E-state index < -0.39 is 0 Å². The first kappa shape index (κ1) is 7.53. The molecule has 4 nitrogen and oxygen atoms in total. The van der Waals surface area contributed by atoms with E-state index in [1.165, 1.54) is 18.4 Å². The lowest BCUT2D eigenvalue weighted by atomic mass is 10.1. The van der Waals surface area contributed by atoms with Gasteiger partial charge in [0, 0.05) is 17.8 Å².